The van der Waals surface area contributed by atoms with Crippen molar-refractivity contribution in [2.24, 2.45) is 0 Å². The Labute approximate surface area is 107 Å². The van der Waals surface area contributed by atoms with Crippen LogP contribution in [0.15, 0.2) is 24.5 Å². The molecule has 0 bridgehead atoms. The molecule has 2 aromatic heterocycles. The van der Waals surface area contributed by atoms with Gasteiger partial charge in [-0.1, -0.05) is 0 Å². The fourth-order valence-electron chi connectivity index (χ4n) is 1.38. The molecule has 5 nitrogen and oxygen atoms in total. The summed E-state index contributed by atoms with van der Waals surface area (Å²) in [5, 5.41) is 13.5. The van der Waals surface area contributed by atoms with Gasteiger partial charge in [-0.15, -0.1) is 10.2 Å². The lowest BCUT2D eigenvalue weighted by Crippen LogP contribution is -2.09. The van der Waals surface area contributed by atoms with E-state index in [1.165, 1.54) is 6.07 Å². The zero-order valence-electron chi connectivity index (χ0n) is 10.3. The van der Waals surface area contributed by atoms with Gasteiger partial charge in [-0.2, -0.15) is 18.3 Å². The number of anilines is 2. The largest absolute Gasteiger partial charge is 0.435 e. The summed E-state index contributed by atoms with van der Waals surface area (Å²) in [6.45, 7) is 3.93. The molecule has 1 N–H and O–H groups in total. The van der Waals surface area contributed by atoms with Gasteiger partial charge in [0.05, 0.1) is 11.9 Å². The van der Waals surface area contributed by atoms with Crippen molar-refractivity contribution in [3.63, 3.8) is 0 Å². The molecule has 8 heteroatoms. The minimum atomic E-state index is -4.48. The maximum atomic E-state index is 12.3. The third-order valence-electron chi connectivity index (χ3n) is 2.36. The maximum Gasteiger partial charge on any atom is 0.435 e. The van der Waals surface area contributed by atoms with E-state index in [0.29, 0.717) is 5.69 Å². The molecule has 0 aromatic carbocycles. The average molecular weight is 271 g/mol. The molecule has 0 spiro atoms. The van der Waals surface area contributed by atoms with Crippen LogP contribution in [0.5, 0.6) is 0 Å². The minimum Gasteiger partial charge on any atom is -0.336 e. The number of rotatable bonds is 3. The second kappa shape index (κ2) is 4.87. The molecule has 0 radical (unpaired) electrons. The van der Waals surface area contributed by atoms with E-state index < -0.39 is 11.9 Å². The molecule has 0 aliphatic carbocycles. The van der Waals surface area contributed by atoms with E-state index in [2.05, 4.69) is 20.6 Å². The lowest BCUT2D eigenvalue weighted by atomic mass is 10.3. The van der Waals surface area contributed by atoms with Crippen molar-refractivity contribution in [1.29, 1.82) is 0 Å². The van der Waals surface area contributed by atoms with Gasteiger partial charge < -0.3 is 5.32 Å². The van der Waals surface area contributed by atoms with Gasteiger partial charge in [-0.25, -0.2) is 0 Å². The Morgan fingerprint density at radius 3 is 2.42 bits per heavy atom. The molecule has 0 unspecified atom stereocenters. The zero-order valence-corrected chi connectivity index (χ0v) is 10.3. The SMILES string of the molecule is CC(C)n1cc(Nc2ccc(C(F)(F)F)nn2)cn1. The number of hydrogen-bond donors (Lipinski definition) is 1. The minimum absolute atomic E-state index is 0.203. The van der Waals surface area contributed by atoms with Crippen LogP contribution in [0.4, 0.5) is 24.7 Å². The third kappa shape index (κ3) is 3.21. The Hall–Kier alpha value is -2.12. The summed E-state index contributed by atoms with van der Waals surface area (Å²) in [5.74, 6) is 0.233. The standard InChI is InChI=1S/C11H12F3N5/c1-7(2)19-6-8(5-15-19)16-10-4-3-9(17-18-10)11(12,13)14/h3-7H,1-2H3,(H,16,18). The second-order valence-electron chi connectivity index (χ2n) is 4.23. The molecule has 0 atom stereocenters. The summed E-state index contributed by atoms with van der Waals surface area (Å²) in [4.78, 5) is 0. The monoisotopic (exact) mass is 271 g/mol. The molecule has 0 saturated carbocycles. The molecular weight excluding hydrogens is 259 g/mol. The topological polar surface area (TPSA) is 55.6 Å². The van der Waals surface area contributed by atoms with Crippen LogP contribution in [0.3, 0.4) is 0 Å². The normalized spacial score (nSPS) is 11.9. The number of nitrogens with zero attached hydrogens (tertiary/aromatic N) is 4. The molecule has 2 aromatic rings. The Morgan fingerprint density at radius 1 is 1.21 bits per heavy atom. The van der Waals surface area contributed by atoms with Gasteiger partial charge in [0.15, 0.2) is 11.5 Å². The first-order chi connectivity index (χ1) is 8.86. The van der Waals surface area contributed by atoms with Crippen molar-refractivity contribution in [2.75, 3.05) is 5.32 Å². The fourth-order valence-corrected chi connectivity index (χ4v) is 1.38. The first kappa shape index (κ1) is 13.3. The van der Waals surface area contributed by atoms with Gasteiger partial charge >= 0.3 is 6.18 Å². The van der Waals surface area contributed by atoms with E-state index in [4.69, 9.17) is 0 Å². The highest BCUT2D eigenvalue weighted by Gasteiger charge is 2.32. The maximum absolute atomic E-state index is 12.3. The van der Waals surface area contributed by atoms with E-state index in [9.17, 15) is 13.2 Å². The van der Waals surface area contributed by atoms with E-state index >= 15 is 0 Å². The van der Waals surface area contributed by atoms with Crippen molar-refractivity contribution in [1.82, 2.24) is 20.0 Å². The molecule has 102 valence electrons. The highest BCUT2D eigenvalue weighted by Crippen LogP contribution is 2.27. The number of alkyl halides is 3. The van der Waals surface area contributed by atoms with Crippen molar-refractivity contribution in [3.05, 3.63) is 30.2 Å². The molecule has 0 fully saturated rings. The van der Waals surface area contributed by atoms with Crippen LogP contribution in [-0.2, 0) is 6.18 Å². The fraction of sp³-hybridized carbons (Fsp3) is 0.364. The molecular formula is C11H12F3N5. The van der Waals surface area contributed by atoms with Crippen molar-refractivity contribution in [2.45, 2.75) is 26.1 Å². The highest BCUT2D eigenvalue weighted by atomic mass is 19.4. The van der Waals surface area contributed by atoms with Gasteiger partial charge in [-0.05, 0) is 26.0 Å². The third-order valence-corrected chi connectivity index (χ3v) is 2.36. The van der Waals surface area contributed by atoms with Crippen molar-refractivity contribution in [3.8, 4) is 0 Å². The Morgan fingerprint density at radius 2 is 1.95 bits per heavy atom. The Kier molecular flexibility index (Phi) is 3.41. The number of halogens is 3. The first-order valence-corrected chi connectivity index (χ1v) is 5.58. The van der Waals surface area contributed by atoms with E-state index in [1.54, 1.807) is 17.1 Å². The number of hydrogen-bond acceptors (Lipinski definition) is 4. The molecule has 0 aliphatic rings. The van der Waals surface area contributed by atoms with E-state index in [-0.39, 0.29) is 11.9 Å². The lowest BCUT2D eigenvalue weighted by Gasteiger charge is -2.06. The zero-order chi connectivity index (χ0) is 14.0. The summed E-state index contributed by atoms with van der Waals surface area (Å²) in [5.41, 5.74) is -0.376. The predicted molar refractivity (Wildman–Crippen MR) is 62.9 cm³/mol. The summed E-state index contributed by atoms with van der Waals surface area (Å²) in [7, 11) is 0. The second-order valence-corrected chi connectivity index (χ2v) is 4.23. The predicted octanol–water partition coefficient (Wildman–Crippen LogP) is 3.02. The van der Waals surface area contributed by atoms with Crippen molar-refractivity contribution >= 4 is 11.5 Å². The highest BCUT2D eigenvalue weighted by molar-refractivity contribution is 5.53. The van der Waals surface area contributed by atoms with Crippen LogP contribution < -0.4 is 5.32 Å². The van der Waals surface area contributed by atoms with Crippen LogP contribution >= 0.6 is 0 Å². The van der Waals surface area contributed by atoms with Crippen LogP contribution in [0, 0.1) is 0 Å². The van der Waals surface area contributed by atoms with Gasteiger partial charge in [0.25, 0.3) is 0 Å². The smallest absolute Gasteiger partial charge is 0.336 e. The molecule has 2 rings (SSSR count). The Balaban J connectivity index is 2.11. The quantitative estimate of drug-likeness (QED) is 0.932. The summed E-state index contributed by atoms with van der Waals surface area (Å²) in [6, 6.07) is 2.30. The lowest BCUT2D eigenvalue weighted by molar-refractivity contribution is -0.141. The van der Waals surface area contributed by atoms with Gasteiger partial charge in [-0.3, -0.25) is 4.68 Å². The first-order valence-electron chi connectivity index (χ1n) is 5.58. The van der Waals surface area contributed by atoms with Crippen molar-refractivity contribution < 1.29 is 13.2 Å². The van der Waals surface area contributed by atoms with E-state index in [1.807, 2.05) is 13.8 Å². The van der Waals surface area contributed by atoms with Gasteiger partial charge in [0, 0.05) is 12.2 Å². The van der Waals surface area contributed by atoms with E-state index in [0.717, 1.165) is 6.07 Å². The van der Waals surface area contributed by atoms with Crippen LogP contribution in [0.1, 0.15) is 25.6 Å². The molecule has 0 amide bonds. The van der Waals surface area contributed by atoms with Crippen LogP contribution in [0.25, 0.3) is 0 Å². The average Bonchev–Trinajstić information content (AvgIpc) is 2.77. The Bertz CT molecular complexity index is 544. The molecule has 2 heterocycles. The number of nitrogens with one attached hydrogen (secondary N) is 1. The summed E-state index contributed by atoms with van der Waals surface area (Å²) < 4.78 is 38.6. The molecule has 0 aliphatic heterocycles. The number of aromatic nitrogens is 4. The van der Waals surface area contributed by atoms with Gasteiger partial charge in [0.1, 0.15) is 0 Å². The molecule has 0 saturated heterocycles. The molecule has 19 heavy (non-hydrogen) atoms. The summed E-state index contributed by atoms with van der Waals surface area (Å²) in [6.07, 6.45) is -1.17. The van der Waals surface area contributed by atoms with Crippen LogP contribution in [0.2, 0.25) is 0 Å². The van der Waals surface area contributed by atoms with Gasteiger partial charge in [0.2, 0.25) is 0 Å². The van der Waals surface area contributed by atoms with Crippen LogP contribution in [-0.4, -0.2) is 20.0 Å². The summed E-state index contributed by atoms with van der Waals surface area (Å²) >= 11 is 0.